The number of nitriles is 1. The standard InChI is InChI=1S/C13H16N2O/c14-9-11-4-6-15(7-5-11)10-12-2-1-3-13(16)8-12/h1-3,8,11,16H,4-7,10H2. The highest BCUT2D eigenvalue weighted by Crippen LogP contribution is 2.19. The van der Waals surface area contributed by atoms with Crippen molar-refractivity contribution >= 4 is 0 Å². The van der Waals surface area contributed by atoms with Crippen LogP contribution in [0, 0.1) is 17.2 Å². The maximum absolute atomic E-state index is 9.36. The summed E-state index contributed by atoms with van der Waals surface area (Å²) in [6, 6.07) is 9.71. The molecule has 84 valence electrons. The van der Waals surface area contributed by atoms with Gasteiger partial charge < -0.3 is 5.11 Å². The maximum atomic E-state index is 9.36. The van der Waals surface area contributed by atoms with Crippen molar-refractivity contribution < 1.29 is 5.11 Å². The fourth-order valence-electron chi connectivity index (χ4n) is 2.13. The van der Waals surface area contributed by atoms with Gasteiger partial charge in [0.25, 0.3) is 0 Å². The van der Waals surface area contributed by atoms with Crippen LogP contribution in [0.3, 0.4) is 0 Å². The van der Waals surface area contributed by atoms with Gasteiger partial charge in [0.05, 0.1) is 6.07 Å². The highest BCUT2D eigenvalue weighted by atomic mass is 16.3. The second-order valence-electron chi connectivity index (χ2n) is 4.35. The van der Waals surface area contributed by atoms with Gasteiger partial charge in [-0.25, -0.2) is 0 Å². The van der Waals surface area contributed by atoms with Crippen LogP contribution in [0.25, 0.3) is 0 Å². The summed E-state index contributed by atoms with van der Waals surface area (Å²) in [5.41, 5.74) is 1.13. The van der Waals surface area contributed by atoms with Gasteiger partial charge >= 0.3 is 0 Å². The van der Waals surface area contributed by atoms with Crippen LogP contribution in [0.1, 0.15) is 18.4 Å². The number of benzene rings is 1. The van der Waals surface area contributed by atoms with Gasteiger partial charge in [-0.1, -0.05) is 12.1 Å². The van der Waals surface area contributed by atoms with Gasteiger partial charge in [0.1, 0.15) is 5.75 Å². The predicted octanol–water partition coefficient (Wildman–Crippen LogP) is 2.13. The molecule has 1 aliphatic heterocycles. The Kier molecular flexibility index (Phi) is 3.43. The van der Waals surface area contributed by atoms with Gasteiger partial charge in [0, 0.05) is 12.5 Å². The van der Waals surface area contributed by atoms with Gasteiger partial charge in [-0.05, 0) is 43.6 Å². The summed E-state index contributed by atoms with van der Waals surface area (Å²) in [5.74, 6) is 0.560. The van der Waals surface area contributed by atoms with Gasteiger partial charge in [-0.15, -0.1) is 0 Å². The largest absolute Gasteiger partial charge is 0.508 e. The molecule has 0 aromatic heterocycles. The van der Waals surface area contributed by atoms with E-state index in [-0.39, 0.29) is 5.92 Å². The molecule has 0 saturated carbocycles. The molecule has 1 aromatic rings. The molecular weight excluding hydrogens is 200 g/mol. The fraction of sp³-hybridized carbons (Fsp3) is 0.462. The minimum atomic E-state index is 0.237. The first kappa shape index (κ1) is 11.0. The van der Waals surface area contributed by atoms with E-state index in [1.54, 1.807) is 12.1 Å². The van der Waals surface area contributed by atoms with Crippen LogP contribution in [0.15, 0.2) is 24.3 Å². The molecule has 0 unspecified atom stereocenters. The average molecular weight is 216 g/mol. The molecule has 2 rings (SSSR count). The number of hydrogen-bond donors (Lipinski definition) is 1. The first-order valence-corrected chi connectivity index (χ1v) is 5.68. The summed E-state index contributed by atoms with van der Waals surface area (Å²) in [6.45, 7) is 2.83. The van der Waals surface area contributed by atoms with E-state index in [9.17, 15) is 5.11 Å². The summed E-state index contributed by atoms with van der Waals surface area (Å²) in [7, 11) is 0. The Hall–Kier alpha value is -1.53. The third-order valence-electron chi connectivity index (χ3n) is 3.09. The van der Waals surface area contributed by atoms with E-state index >= 15 is 0 Å². The SMILES string of the molecule is N#CC1CCN(Cc2cccc(O)c2)CC1. The topological polar surface area (TPSA) is 47.3 Å². The molecule has 1 fully saturated rings. The summed E-state index contributed by atoms with van der Waals surface area (Å²) < 4.78 is 0. The molecule has 1 aliphatic rings. The molecule has 1 saturated heterocycles. The minimum absolute atomic E-state index is 0.237. The van der Waals surface area contributed by atoms with Crippen LogP contribution < -0.4 is 0 Å². The molecular formula is C13H16N2O. The maximum Gasteiger partial charge on any atom is 0.115 e. The van der Waals surface area contributed by atoms with Gasteiger partial charge in [0.15, 0.2) is 0 Å². The smallest absolute Gasteiger partial charge is 0.115 e. The monoisotopic (exact) mass is 216 g/mol. The molecule has 0 spiro atoms. The van der Waals surface area contributed by atoms with Crippen molar-refractivity contribution in [3.8, 4) is 11.8 Å². The molecule has 16 heavy (non-hydrogen) atoms. The van der Waals surface area contributed by atoms with Gasteiger partial charge in [-0.3, -0.25) is 4.90 Å². The van der Waals surface area contributed by atoms with Crippen LogP contribution in [0.2, 0.25) is 0 Å². The second-order valence-corrected chi connectivity index (χ2v) is 4.35. The van der Waals surface area contributed by atoms with Crippen LogP contribution in [-0.4, -0.2) is 23.1 Å². The molecule has 0 atom stereocenters. The number of rotatable bonds is 2. The summed E-state index contributed by atoms with van der Waals surface area (Å²) in [6.07, 6.45) is 1.94. The normalized spacial score (nSPS) is 18.2. The molecule has 0 radical (unpaired) electrons. The van der Waals surface area contributed by atoms with E-state index in [0.717, 1.165) is 38.0 Å². The number of phenolic OH excluding ortho intramolecular Hbond substituents is 1. The Morgan fingerprint density at radius 2 is 2.12 bits per heavy atom. The molecule has 0 amide bonds. The van der Waals surface area contributed by atoms with Crippen molar-refractivity contribution in [1.29, 1.82) is 5.26 Å². The van der Waals surface area contributed by atoms with Crippen molar-refractivity contribution in [2.75, 3.05) is 13.1 Å². The van der Waals surface area contributed by atoms with E-state index in [2.05, 4.69) is 11.0 Å². The third-order valence-corrected chi connectivity index (χ3v) is 3.09. The zero-order valence-corrected chi connectivity index (χ0v) is 9.26. The zero-order valence-electron chi connectivity index (χ0n) is 9.26. The summed E-state index contributed by atoms with van der Waals surface area (Å²) >= 11 is 0. The Labute approximate surface area is 95.9 Å². The lowest BCUT2D eigenvalue weighted by molar-refractivity contribution is 0.198. The summed E-state index contributed by atoms with van der Waals surface area (Å²) in [5, 5.41) is 18.2. The molecule has 0 aliphatic carbocycles. The zero-order chi connectivity index (χ0) is 11.4. The fourth-order valence-corrected chi connectivity index (χ4v) is 2.13. The van der Waals surface area contributed by atoms with Crippen LogP contribution in [-0.2, 0) is 6.54 Å². The van der Waals surface area contributed by atoms with E-state index in [1.807, 2.05) is 12.1 Å². The van der Waals surface area contributed by atoms with Crippen LogP contribution in [0.5, 0.6) is 5.75 Å². The Balaban J connectivity index is 1.90. The van der Waals surface area contributed by atoms with Crippen molar-refractivity contribution in [3.05, 3.63) is 29.8 Å². The number of aromatic hydroxyl groups is 1. The van der Waals surface area contributed by atoms with Crippen LogP contribution in [0.4, 0.5) is 0 Å². The number of piperidine rings is 1. The number of likely N-dealkylation sites (tertiary alicyclic amines) is 1. The predicted molar refractivity (Wildman–Crippen MR) is 61.7 cm³/mol. The van der Waals surface area contributed by atoms with Crippen LogP contribution >= 0.6 is 0 Å². The first-order valence-electron chi connectivity index (χ1n) is 5.68. The van der Waals surface area contributed by atoms with E-state index < -0.39 is 0 Å². The third kappa shape index (κ3) is 2.74. The lowest BCUT2D eigenvalue weighted by atomic mass is 9.98. The average Bonchev–Trinajstić information content (AvgIpc) is 2.30. The molecule has 3 heteroatoms. The van der Waals surface area contributed by atoms with Crippen molar-refractivity contribution in [3.63, 3.8) is 0 Å². The Morgan fingerprint density at radius 1 is 1.38 bits per heavy atom. The molecule has 1 N–H and O–H groups in total. The lowest BCUT2D eigenvalue weighted by Gasteiger charge is -2.28. The van der Waals surface area contributed by atoms with Gasteiger partial charge in [-0.2, -0.15) is 5.26 Å². The van der Waals surface area contributed by atoms with E-state index in [0.29, 0.717) is 5.75 Å². The Bertz CT molecular complexity index is 389. The second kappa shape index (κ2) is 5.00. The van der Waals surface area contributed by atoms with Gasteiger partial charge in [0.2, 0.25) is 0 Å². The highest BCUT2D eigenvalue weighted by molar-refractivity contribution is 5.27. The Morgan fingerprint density at radius 3 is 2.75 bits per heavy atom. The lowest BCUT2D eigenvalue weighted by Crippen LogP contribution is -2.32. The van der Waals surface area contributed by atoms with E-state index in [1.165, 1.54) is 0 Å². The summed E-state index contributed by atoms with van der Waals surface area (Å²) in [4.78, 5) is 2.34. The first-order chi connectivity index (χ1) is 7.78. The number of hydrogen-bond acceptors (Lipinski definition) is 3. The molecule has 1 aromatic carbocycles. The molecule has 1 heterocycles. The van der Waals surface area contributed by atoms with Crippen molar-refractivity contribution in [1.82, 2.24) is 4.90 Å². The van der Waals surface area contributed by atoms with E-state index in [4.69, 9.17) is 5.26 Å². The van der Waals surface area contributed by atoms with Crippen molar-refractivity contribution in [2.24, 2.45) is 5.92 Å². The number of phenols is 1. The minimum Gasteiger partial charge on any atom is -0.508 e. The highest BCUT2D eigenvalue weighted by Gasteiger charge is 2.18. The van der Waals surface area contributed by atoms with Crippen molar-refractivity contribution in [2.45, 2.75) is 19.4 Å². The quantitative estimate of drug-likeness (QED) is 0.823. The molecule has 3 nitrogen and oxygen atoms in total. The molecule has 0 bridgehead atoms. The number of nitrogens with zero attached hydrogens (tertiary/aromatic N) is 2.